The van der Waals surface area contributed by atoms with Gasteiger partial charge in [-0.25, -0.2) is 4.98 Å². The van der Waals surface area contributed by atoms with Crippen molar-refractivity contribution in [3.63, 3.8) is 0 Å². The summed E-state index contributed by atoms with van der Waals surface area (Å²) in [5.74, 6) is 0.704. The molecule has 1 aromatic heterocycles. The third-order valence-electron chi connectivity index (χ3n) is 5.20. The summed E-state index contributed by atoms with van der Waals surface area (Å²) >= 11 is 0. The summed E-state index contributed by atoms with van der Waals surface area (Å²) < 4.78 is 10.6. The number of morpholine rings is 1. The Morgan fingerprint density at radius 3 is 2.55 bits per heavy atom. The van der Waals surface area contributed by atoms with Crippen LogP contribution < -0.4 is 20.3 Å². The molecule has 1 aliphatic heterocycles. The fraction of sp³-hybridized carbons (Fsp3) is 0.435. The van der Waals surface area contributed by atoms with Crippen LogP contribution >= 0.6 is 0 Å². The van der Waals surface area contributed by atoms with Crippen LogP contribution in [0.3, 0.4) is 0 Å². The summed E-state index contributed by atoms with van der Waals surface area (Å²) in [7, 11) is 1.51. The molecule has 2 heterocycles. The lowest BCUT2D eigenvalue weighted by molar-refractivity contribution is -0.124. The van der Waals surface area contributed by atoms with E-state index in [2.05, 4.69) is 20.5 Å². The molecule has 0 radical (unpaired) electrons. The van der Waals surface area contributed by atoms with E-state index in [1.807, 2.05) is 26.0 Å². The lowest BCUT2D eigenvalue weighted by Gasteiger charge is -2.27. The maximum Gasteiger partial charge on any atom is 0.255 e. The molecule has 8 nitrogen and oxygen atoms in total. The number of anilines is 1. The topological polar surface area (TPSA) is 92.8 Å². The Balaban J connectivity index is 1.58. The predicted octanol–water partition coefficient (Wildman–Crippen LogP) is 2.00. The summed E-state index contributed by atoms with van der Waals surface area (Å²) in [6.45, 7) is 7.18. The number of rotatable bonds is 8. The van der Waals surface area contributed by atoms with Gasteiger partial charge in [0.2, 0.25) is 5.91 Å². The van der Waals surface area contributed by atoms with Crippen molar-refractivity contribution in [1.82, 2.24) is 15.6 Å². The summed E-state index contributed by atoms with van der Waals surface area (Å²) in [6, 6.07) is 10.2. The van der Waals surface area contributed by atoms with Gasteiger partial charge in [-0.15, -0.1) is 0 Å². The summed E-state index contributed by atoms with van der Waals surface area (Å²) in [4.78, 5) is 32.2. The van der Waals surface area contributed by atoms with Crippen LogP contribution in [-0.4, -0.2) is 56.3 Å². The Kier molecular flexibility index (Phi) is 7.83. The van der Waals surface area contributed by atoms with Gasteiger partial charge < -0.3 is 25.0 Å². The van der Waals surface area contributed by atoms with Gasteiger partial charge in [-0.2, -0.15) is 0 Å². The summed E-state index contributed by atoms with van der Waals surface area (Å²) in [5.41, 5.74) is 1.29. The highest BCUT2D eigenvalue weighted by atomic mass is 16.5. The van der Waals surface area contributed by atoms with E-state index in [0.29, 0.717) is 31.1 Å². The number of pyridine rings is 1. The van der Waals surface area contributed by atoms with Crippen molar-refractivity contribution in [3.8, 4) is 5.75 Å². The lowest BCUT2D eigenvalue weighted by atomic mass is 10.0. The van der Waals surface area contributed by atoms with E-state index >= 15 is 0 Å². The highest BCUT2D eigenvalue weighted by Gasteiger charge is 2.25. The fourth-order valence-corrected chi connectivity index (χ4v) is 3.39. The van der Waals surface area contributed by atoms with Gasteiger partial charge in [0.25, 0.3) is 5.91 Å². The van der Waals surface area contributed by atoms with E-state index in [1.54, 1.807) is 30.5 Å². The Labute approximate surface area is 182 Å². The maximum absolute atomic E-state index is 12.8. The highest BCUT2D eigenvalue weighted by molar-refractivity contribution is 5.99. The van der Waals surface area contributed by atoms with Crippen LogP contribution in [0.1, 0.15) is 29.8 Å². The molecule has 1 fully saturated rings. The Hall–Kier alpha value is -3.13. The van der Waals surface area contributed by atoms with Crippen molar-refractivity contribution in [2.24, 2.45) is 5.92 Å². The second-order valence-electron chi connectivity index (χ2n) is 7.74. The first-order valence-electron chi connectivity index (χ1n) is 10.5. The summed E-state index contributed by atoms with van der Waals surface area (Å²) in [5, 5.41) is 5.74. The number of hydrogen-bond acceptors (Lipinski definition) is 6. The van der Waals surface area contributed by atoms with Gasteiger partial charge in [0.1, 0.15) is 17.6 Å². The third kappa shape index (κ3) is 5.95. The second kappa shape index (κ2) is 10.8. The molecule has 0 aliphatic carbocycles. The number of aromatic nitrogens is 1. The summed E-state index contributed by atoms with van der Waals surface area (Å²) in [6.07, 6.45) is 1.77. The van der Waals surface area contributed by atoms with Crippen LogP contribution in [0.5, 0.6) is 5.75 Å². The molecule has 1 saturated heterocycles. The molecule has 8 heteroatoms. The molecule has 31 heavy (non-hydrogen) atoms. The monoisotopic (exact) mass is 426 g/mol. The molecule has 1 atom stereocenters. The van der Waals surface area contributed by atoms with Gasteiger partial charge in [0, 0.05) is 25.8 Å². The minimum absolute atomic E-state index is 0.0829. The zero-order valence-electron chi connectivity index (χ0n) is 18.3. The van der Waals surface area contributed by atoms with Crippen molar-refractivity contribution < 1.29 is 19.1 Å². The molecule has 1 aromatic carbocycles. The van der Waals surface area contributed by atoms with Crippen molar-refractivity contribution >= 4 is 17.6 Å². The molecule has 166 valence electrons. The van der Waals surface area contributed by atoms with Crippen LogP contribution in [0.2, 0.25) is 0 Å². The Morgan fingerprint density at radius 2 is 1.90 bits per heavy atom. The number of para-hydroxylation sites is 1. The average Bonchev–Trinajstić information content (AvgIpc) is 2.81. The van der Waals surface area contributed by atoms with Crippen molar-refractivity contribution in [2.75, 3.05) is 38.3 Å². The van der Waals surface area contributed by atoms with Crippen molar-refractivity contribution in [3.05, 3.63) is 53.7 Å². The van der Waals surface area contributed by atoms with Gasteiger partial charge in [-0.05, 0) is 29.7 Å². The molecule has 1 unspecified atom stereocenters. The molecule has 0 saturated carbocycles. The standard InChI is InChI=1S/C23H30N4O4/c1-16(2)21(26-22(28)18-6-4-5-7-19(18)30-3)23(29)25-15-17-8-9-20(24-14-17)27-10-12-31-13-11-27/h4-9,14,16,21H,10-13,15H2,1-3H3,(H,25,29)(H,26,28). The molecule has 0 spiro atoms. The van der Waals surface area contributed by atoms with Gasteiger partial charge in [0.15, 0.2) is 0 Å². The zero-order chi connectivity index (χ0) is 22.2. The number of nitrogens with zero attached hydrogens (tertiary/aromatic N) is 2. The van der Waals surface area contributed by atoms with E-state index in [9.17, 15) is 9.59 Å². The molecule has 1 aliphatic rings. The first-order chi connectivity index (χ1) is 15.0. The quantitative estimate of drug-likeness (QED) is 0.671. The largest absolute Gasteiger partial charge is 0.496 e. The molecule has 0 bridgehead atoms. The molecule has 2 N–H and O–H groups in total. The van der Waals surface area contributed by atoms with E-state index in [4.69, 9.17) is 9.47 Å². The SMILES string of the molecule is COc1ccccc1C(=O)NC(C(=O)NCc1ccc(N2CCOCC2)nc1)C(C)C. The first-order valence-corrected chi connectivity index (χ1v) is 10.5. The van der Waals surface area contributed by atoms with Crippen molar-refractivity contribution in [1.29, 1.82) is 0 Å². The third-order valence-corrected chi connectivity index (χ3v) is 5.20. The highest BCUT2D eigenvalue weighted by Crippen LogP contribution is 2.18. The Bertz CT molecular complexity index is 879. The number of amides is 2. The van der Waals surface area contributed by atoms with Gasteiger partial charge >= 0.3 is 0 Å². The van der Waals surface area contributed by atoms with Crippen LogP contribution in [0.25, 0.3) is 0 Å². The second-order valence-corrected chi connectivity index (χ2v) is 7.74. The molecule has 3 rings (SSSR count). The number of hydrogen-bond donors (Lipinski definition) is 2. The van der Waals surface area contributed by atoms with Crippen LogP contribution in [0.15, 0.2) is 42.6 Å². The number of carbonyl (C=O) groups excluding carboxylic acids is 2. The minimum Gasteiger partial charge on any atom is -0.496 e. The number of benzene rings is 1. The predicted molar refractivity (Wildman–Crippen MR) is 118 cm³/mol. The normalized spacial score (nSPS) is 14.8. The van der Waals surface area contributed by atoms with E-state index < -0.39 is 6.04 Å². The minimum atomic E-state index is -0.669. The molecule has 2 aromatic rings. The van der Waals surface area contributed by atoms with Crippen molar-refractivity contribution in [2.45, 2.75) is 26.4 Å². The van der Waals surface area contributed by atoms with Gasteiger partial charge in [-0.1, -0.05) is 32.0 Å². The van der Waals surface area contributed by atoms with Gasteiger partial charge in [-0.3, -0.25) is 9.59 Å². The number of carbonyl (C=O) groups is 2. The molecular formula is C23H30N4O4. The van der Waals surface area contributed by atoms with Crippen LogP contribution in [0, 0.1) is 5.92 Å². The zero-order valence-corrected chi connectivity index (χ0v) is 18.3. The lowest BCUT2D eigenvalue weighted by Crippen LogP contribution is -2.49. The number of methoxy groups -OCH3 is 1. The average molecular weight is 427 g/mol. The van der Waals surface area contributed by atoms with E-state index in [1.165, 1.54) is 7.11 Å². The number of nitrogens with one attached hydrogen (secondary N) is 2. The maximum atomic E-state index is 12.8. The molecule has 2 amide bonds. The first kappa shape index (κ1) is 22.6. The van der Waals surface area contributed by atoms with Gasteiger partial charge in [0.05, 0.1) is 25.9 Å². The van der Waals surface area contributed by atoms with Crippen LogP contribution in [-0.2, 0) is 16.1 Å². The van der Waals surface area contributed by atoms with E-state index in [-0.39, 0.29) is 17.7 Å². The smallest absolute Gasteiger partial charge is 0.255 e. The fourth-order valence-electron chi connectivity index (χ4n) is 3.39. The Morgan fingerprint density at radius 1 is 1.16 bits per heavy atom. The molecular weight excluding hydrogens is 396 g/mol. The number of ether oxygens (including phenoxy) is 2. The van der Waals surface area contributed by atoms with Crippen LogP contribution in [0.4, 0.5) is 5.82 Å². The van der Waals surface area contributed by atoms with E-state index in [0.717, 1.165) is 24.5 Å².